The molecule has 7 heteroatoms. The van der Waals surface area contributed by atoms with E-state index in [0.29, 0.717) is 17.5 Å². The predicted molar refractivity (Wildman–Crippen MR) is 63.2 cm³/mol. The van der Waals surface area contributed by atoms with Crippen LogP contribution in [-0.2, 0) is 4.79 Å². The molecule has 0 aliphatic rings. The Morgan fingerprint density at radius 3 is 2.80 bits per heavy atom. The summed E-state index contributed by atoms with van der Waals surface area (Å²) in [5.74, 6) is 0.209. The third-order valence-electron chi connectivity index (χ3n) is 1.65. The molecule has 0 saturated heterocycles. The van der Waals surface area contributed by atoms with Crippen molar-refractivity contribution in [2.24, 2.45) is 11.7 Å². The molecule has 15 heavy (non-hydrogen) atoms. The van der Waals surface area contributed by atoms with Gasteiger partial charge >= 0.3 is 0 Å². The van der Waals surface area contributed by atoms with Crippen molar-refractivity contribution < 1.29 is 4.79 Å². The lowest BCUT2D eigenvalue weighted by Crippen LogP contribution is -2.36. The maximum Gasteiger partial charge on any atom is 0.243 e. The van der Waals surface area contributed by atoms with E-state index in [9.17, 15) is 4.79 Å². The fourth-order valence-corrected chi connectivity index (χ4v) is 1.49. The van der Waals surface area contributed by atoms with E-state index in [0.717, 1.165) is 0 Å². The fraction of sp³-hybridized carbons (Fsp3) is 0.625. The molecule has 5 nitrogen and oxygen atoms in total. The number of carbonyl (C=O) groups excluding carboxylic acids is 1. The number of nitrogens with zero attached hydrogens (tertiary/aromatic N) is 2. The van der Waals surface area contributed by atoms with Crippen LogP contribution >= 0.6 is 23.7 Å². The maximum absolute atomic E-state index is 11.4. The Morgan fingerprint density at radius 1 is 1.67 bits per heavy atom. The number of halogens is 1. The average Bonchev–Trinajstić information content (AvgIpc) is 2.55. The number of hydrogen-bond donors (Lipinski definition) is 2. The van der Waals surface area contributed by atoms with Gasteiger partial charge in [-0.25, -0.2) is 0 Å². The standard InChI is InChI=1S/C8H14N4OS.ClH/c1-5(2)3-6(9)7(13)11-8-12-10-4-14-8;/h4-6H,3,9H2,1-2H3,(H,11,12,13);1H/t6-;/m1./s1. The van der Waals surface area contributed by atoms with E-state index in [2.05, 4.69) is 15.5 Å². The molecule has 0 spiro atoms. The second-order valence-corrected chi connectivity index (χ2v) is 4.30. The zero-order valence-corrected chi connectivity index (χ0v) is 10.3. The van der Waals surface area contributed by atoms with E-state index in [-0.39, 0.29) is 18.3 Å². The first-order chi connectivity index (χ1) is 6.59. The van der Waals surface area contributed by atoms with Crippen LogP contribution in [0.3, 0.4) is 0 Å². The smallest absolute Gasteiger partial charge is 0.243 e. The van der Waals surface area contributed by atoms with Crippen LogP contribution in [0, 0.1) is 5.92 Å². The zero-order chi connectivity index (χ0) is 10.6. The average molecular weight is 251 g/mol. The summed E-state index contributed by atoms with van der Waals surface area (Å²) in [6.07, 6.45) is 0.671. The summed E-state index contributed by atoms with van der Waals surface area (Å²) in [6, 6.07) is -0.473. The molecule has 1 aromatic heterocycles. The van der Waals surface area contributed by atoms with Crippen LogP contribution in [0.15, 0.2) is 5.51 Å². The number of nitrogens with two attached hydrogens (primary N) is 1. The van der Waals surface area contributed by atoms with Crippen LogP contribution < -0.4 is 11.1 Å². The Morgan fingerprint density at radius 2 is 2.33 bits per heavy atom. The van der Waals surface area contributed by atoms with Crippen LogP contribution in [0.5, 0.6) is 0 Å². The third-order valence-corrected chi connectivity index (χ3v) is 2.26. The fourth-order valence-electron chi connectivity index (χ4n) is 1.04. The molecule has 1 heterocycles. The lowest BCUT2D eigenvalue weighted by atomic mass is 10.0. The Hall–Kier alpha value is -0.720. The van der Waals surface area contributed by atoms with E-state index >= 15 is 0 Å². The molecule has 0 unspecified atom stereocenters. The van der Waals surface area contributed by atoms with Gasteiger partial charge in [-0.3, -0.25) is 10.1 Å². The van der Waals surface area contributed by atoms with E-state index in [1.54, 1.807) is 5.51 Å². The van der Waals surface area contributed by atoms with Crippen molar-refractivity contribution in [1.29, 1.82) is 0 Å². The van der Waals surface area contributed by atoms with E-state index < -0.39 is 6.04 Å². The highest BCUT2D eigenvalue weighted by molar-refractivity contribution is 7.13. The van der Waals surface area contributed by atoms with Gasteiger partial charge in [-0.05, 0) is 12.3 Å². The van der Waals surface area contributed by atoms with Gasteiger partial charge in [0.1, 0.15) is 5.51 Å². The van der Waals surface area contributed by atoms with Crippen LogP contribution in [0.25, 0.3) is 0 Å². The SMILES string of the molecule is CC(C)C[C@@H](N)C(=O)Nc1nncs1.Cl. The monoisotopic (exact) mass is 250 g/mol. The quantitative estimate of drug-likeness (QED) is 0.843. The number of anilines is 1. The van der Waals surface area contributed by atoms with E-state index in [1.807, 2.05) is 13.8 Å². The summed E-state index contributed by atoms with van der Waals surface area (Å²) in [5.41, 5.74) is 7.24. The number of hydrogen-bond acceptors (Lipinski definition) is 5. The summed E-state index contributed by atoms with van der Waals surface area (Å²) in [7, 11) is 0. The minimum absolute atomic E-state index is 0. The highest BCUT2D eigenvalue weighted by atomic mass is 35.5. The topological polar surface area (TPSA) is 80.9 Å². The minimum Gasteiger partial charge on any atom is -0.320 e. The molecular formula is C8H15ClN4OS. The molecule has 1 rings (SSSR count). The number of carbonyl (C=O) groups is 1. The van der Waals surface area contributed by atoms with Gasteiger partial charge in [0, 0.05) is 0 Å². The molecule has 1 amide bonds. The van der Waals surface area contributed by atoms with Gasteiger partial charge in [0.25, 0.3) is 0 Å². The lowest BCUT2D eigenvalue weighted by Gasteiger charge is -2.12. The van der Waals surface area contributed by atoms with Gasteiger partial charge in [-0.1, -0.05) is 25.2 Å². The normalized spacial score (nSPS) is 12.0. The van der Waals surface area contributed by atoms with Crippen molar-refractivity contribution >= 4 is 34.8 Å². The minimum atomic E-state index is -0.473. The van der Waals surface area contributed by atoms with E-state index in [4.69, 9.17) is 5.73 Å². The van der Waals surface area contributed by atoms with Crippen molar-refractivity contribution in [3.05, 3.63) is 5.51 Å². The Bertz CT molecular complexity index is 291. The van der Waals surface area contributed by atoms with Gasteiger partial charge in [-0.2, -0.15) is 0 Å². The summed E-state index contributed by atoms with van der Waals surface area (Å²) < 4.78 is 0. The van der Waals surface area contributed by atoms with Crippen LogP contribution in [0.4, 0.5) is 5.13 Å². The number of nitrogens with one attached hydrogen (secondary N) is 1. The van der Waals surface area contributed by atoms with Crippen LogP contribution in [-0.4, -0.2) is 22.1 Å². The highest BCUT2D eigenvalue weighted by Crippen LogP contribution is 2.10. The molecule has 0 bridgehead atoms. The third kappa shape index (κ3) is 5.06. The molecule has 0 radical (unpaired) electrons. The number of aromatic nitrogens is 2. The van der Waals surface area contributed by atoms with Gasteiger partial charge in [0.2, 0.25) is 11.0 Å². The highest BCUT2D eigenvalue weighted by Gasteiger charge is 2.15. The summed E-state index contributed by atoms with van der Waals surface area (Å²) in [5, 5.41) is 10.4. The molecule has 0 saturated carbocycles. The van der Waals surface area contributed by atoms with Crippen LogP contribution in [0.2, 0.25) is 0 Å². The number of amides is 1. The molecule has 1 aromatic rings. The van der Waals surface area contributed by atoms with Gasteiger partial charge in [-0.15, -0.1) is 22.6 Å². The van der Waals surface area contributed by atoms with Crippen molar-refractivity contribution in [2.75, 3.05) is 5.32 Å². The molecule has 0 aromatic carbocycles. The first-order valence-electron chi connectivity index (χ1n) is 4.42. The van der Waals surface area contributed by atoms with Crippen molar-refractivity contribution in [3.8, 4) is 0 Å². The largest absolute Gasteiger partial charge is 0.320 e. The first kappa shape index (κ1) is 14.3. The van der Waals surface area contributed by atoms with E-state index in [1.165, 1.54) is 11.3 Å². The Labute approximate surface area is 98.9 Å². The summed E-state index contributed by atoms with van der Waals surface area (Å²) in [4.78, 5) is 11.4. The summed E-state index contributed by atoms with van der Waals surface area (Å²) in [6.45, 7) is 4.05. The maximum atomic E-state index is 11.4. The van der Waals surface area contributed by atoms with Crippen molar-refractivity contribution in [3.63, 3.8) is 0 Å². The second kappa shape index (κ2) is 6.71. The molecule has 0 aliphatic carbocycles. The zero-order valence-electron chi connectivity index (χ0n) is 8.64. The molecular weight excluding hydrogens is 236 g/mol. The van der Waals surface area contributed by atoms with Gasteiger partial charge < -0.3 is 5.73 Å². The molecule has 86 valence electrons. The first-order valence-corrected chi connectivity index (χ1v) is 5.30. The van der Waals surface area contributed by atoms with Crippen LogP contribution in [0.1, 0.15) is 20.3 Å². The van der Waals surface area contributed by atoms with Crippen molar-refractivity contribution in [2.45, 2.75) is 26.3 Å². The molecule has 0 fully saturated rings. The predicted octanol–water partition coefficient (Wildman–Crippen LogP) is 1.27. The lowest BCUT2D eigenvalue weighted by molar-refractivity contribution is -0.117. The molecule has 0 aliphatic heterocycles. The van der Waals surface area contributed by atoms with Gasteiger partial charge in [0.15, 0.2) is 0 Å². The summed E-state index contributed by atoms with van der Waals surface area (Å²) >= 11 is 1.28. The molecule has 1 atom stereocenters. The Balaban J connectivity index is 0.00000196. The van der Waals surface area contributed by atoms with Gasteiger partial charge in [0.05, 0.1) is 6.04 Å². The Kier molecular flexibility index (Phi) is 6.38. The molecule has 3 N–H and O–H groups in total. The second-order valence-electron chi connectivity index (χ2n) is 3.47. The van der Waals surface area contributed by atoms with Crippen molar-refractivity contribution in [1.82, 2.24) is 10.2 Å². The number of rotatable bonds is 4.